The van der Waals surface area contributed by atoms with E-state index in [1.54, 1.807) is 12.4 Å². The molecule has 4 nitrogen and oxygen atoms in total. The lowest BCUT2D eigenvalue weighted by Gasteiger charge is -2.26. The summed E-state index contributed by atoms with van der Waals surface area (Å²) in [6, 6.07) is 22.0. The standard InChI is InChI=1S/C25H21N3O/c29-25(28-22-13-5-8-17-7-1-2-10-19(17)22)21-15-24(18-9-6-14-26-16-18)27-23-12-4-3-11-20(21)23/h1-4,6-7,9-12,14-16,22H,5,8,13H2,(H,28,29)/t22-/m1/s1. The van der Waals surface area contributed by atoms with Crippen LogP contribution in [-0.4, -0.2) is 15.9 Å². The molecule has 0 radical (unpaired) electrons. The third-order valence-electron chi connectivity index (χ3n) is 5.59. The first-order valence-electron chi connectivity index (χ1n) is 9.98. The molecular formula is C25H21N3O. The number of para-hydroxylation sites is 1. The van der Waals surface area contributed by atoms with Gasteiger partial charge < -0.3 is 5.32 Å². The van der Waals surface area contributed by atoms with E-state index in [1.807, 2.05) is 48.5 Å². The molecule has 5 rings (SSSR count). The maximum atomic E-state index is 13.4. The molecule has 2 aromatic carbocycles. The first kappa shape index (κ1) is 17.6. The maximum absolute atomic E-state index is 13.4. The Bertz CT molecular complexity index is 1190. The molecule has 29 heavy (non-hydrogen) atoms. The molecule has 2 heterocycles. The van der Waals surface area contributed by atoms with Gasteiger partial charge in [-0.25, -0.2) is 4.98 Å². The predicted octanol–water partition coefficient (Wildman–Crippen LogP) is 5.10. The van der Waals surface area contributed by atoms with Crippen molar-refractivity contribution >= 4 is 16.8 Å². The number of amides is 1. The van der Waals surface area contributed by atoms with Gasteiger partial charge in [-0.15, -0.1) is 0 Å². The maximum Gasteiger partial charge on any atom is 0.252 e. The van der Waals surface area contributed by atoms with Crippen LogP contribution in [0.1, 0.15) is 40.4 Å². The predicted molar refractivity (Wildman–Crippen MR) is 115 cm³/mol. The van der Waals surface area contributed by atoms with Gasteiger partial charge in [-0.05, 0) is 54.7 Å². The first-order valence-corrected chi connectivity index (χ1v) is 9.98. The molecule has 2 aromatic heterocycles. The van der Waals surface area contributed by atoms with Gasteiger partial charge in [0.2, 0.25) is 0 Å². The Kier molecular flexibility index (Phi) is 4.53. The van der Waals surface area contributed by atoms with Crippen molar-refractivity contribution in [2.24, 2.45) is 0 Å². The lowest BCUT2D eigenvalue weighted by atomic mass is 9.87. The van der Waals surface area contributed by atoms with Crippen LogP contribution in [0.2, 0.25) is 0 Å². The summed E-state index contributed by atoms with van der Waals surface area (Å²) in [4.78, 5) is 22.3. The molecule has 4 aromatic rings. The summed E-state index contributed by atoms with van der Waals surface area (Å²) < 4.78 is 0. The third-order valence-corrected chi connectivity index (χ3v) is 5.59. The van der Waals surface area contributed by atoms with E-state index in [4.69, 9.17) is 4.98 Å². The number of carbonyl (C=O) groups excluding carboxylic acids is 1. The van der Waals surface area contributed by atoms with E-state index >= 15 is 0 Å². The zero-order valence-electron chi connectivity index (χ0n) is 16.0. The number of hydrogen-bond donors (Lipinski definition) is 1. The average molecular weight is 379 g/mol. The normalized spacial score (nSPS) is 15.7. The number of nitrogens with one attached hydrogen (secondary N) is 1. The third kappa shape index (κ3) is 3.38. The van der Waals surface area contributed by atoms with E-state index < -0.39 is 0 Å². The number of hydrogen-bond acceptors (Lipinski definition) is 3. The van der Waals surface area contributed by atoms with Crippen molar-refractivity contribution in [3.8, 4) is 11.3 Å². The molecule has 4 heteroatoms. The lowest BCUT2D eigenvalue weighted by molar-refractivity contribution is 0.0934. The Labute approximate surface area is 169 Å². The summed E-state index contributed by atoms with van der Waals surface area (Å²) in [6.45, 7) is 0. The second-order valence-corrected chi connectivity index (χ2v) is 7.43. The molecule has 1 atom stereocenters. The molecule has 0 saturated carbocycles. The Hall–Kier alpha value is -3.53. The van der Waals surface area contributed by atoms with Crippen LogP contribution in [0, 0.1) is 0 Å². The summed E-state index contributed by atoms with van der Waals surface area (Å²) >= 11 is 0. The Morgan fingerprint density at radius 2 is 1.86 bits per heavy atom. The Balaban J connectivity index is 1.55. The topological polar surface area (TPSA) is 54.9 Å². The summed E-state index contributed by atoms with van der Waals surface area (Å²) in [6.07, 6.45) is 6.63. The minimum Gasteiger partial charge on any atom is -0.345 e. The van der Waals surface area contributed by atoms with E-state index in [0.29, 0.717) is 5.56 Å². The van der Waals surface area contributed by atoms with E-state index in [2.05, 4.69) is 28.5 Å². The Morgan fingerprint density at radius 3 is 2.76 bits per heavy atom. The fourth-order valence-corrected chi connectivity index (χ4v) is 4.17. The van der Waals surface area contributed by atoms with Crippen LogP contribution in [-0.2, 0) is 6.42 Å². The van der Waals surface area contributed by atoms with Crippen molar-refractivity contribution in [3.63, 3.8) is 0 Å². The average Bonchev–Trinajstić information content (AvgIpc) is 2.79. The molecule has 1 N–H and O–H groups in total. The molecule has 0 unspecified atom stereocenters. The van der Waals surface area contributed by atoms with Crippen molar-refractivity contribution in [1.29, 1.82) is 0 Å². The van der Waals surface area contributed by atoms with Gasteiger partial charge in [-0.3, -0.25) is 9.78 Å². The fourth-order valence-electron chi connectivity index (χ4n) is 4.17. The van der Waals surface area contributed by atoms with Crippen LogP contribution in [0.5, 0.6) is 0 Å². The molecule has 0 saturated heterocycles. The monoisotopic (exact) mass is 379 g/mol. The van der Waals surface area contributed by atoms with Gasteiger partial charge in [0.05, 0.1) is 22.8 Å². The number of fused-ring (bicyclic) bond motifs is 2. The quantitative estimate of drug-likeness (QED) is 0.538. The smallest absolute Gasteiger partial charge is 0.252 e. The SMILES string of the molecule is O=C(N[C@@H]1CCCc2ccccc21)c1cc(-c2cccnc2)nc2ccccc12. The second kappa shape index (κ2) is 7.47. The van der Waals surface area contributed by atoms with Gasteiger partial charge in [0.1, 0.15) is 0 Å². The summed E-state index contributed by atoms with van der Waals surface area (Å²) in [7, 11) is 0. The van der Waals surface area contributed by atoms with Gasteiger partial charge in [-0.1, -0.05) is 42.5 Å². The number of rotatable bonds is 3. The summed E-state index contributed by atoms with van der Waals surface area (Å²) in [5.41, 5.74) is 5.68. The summed E-state index contributed by atoms with van der Waals surface area (Å²) in [5.74, 6) is -0.0598. The van der Waals surface area contributed by atoms with Crippen LogP contribution in [0.3, 0.4) is 0 Å². The van der Waals surface area contributed by atoms with Gasteiger partial charge in [0.25, 0.3) is 5.91 Å². The number of benzene rings is 2. The highest BCUT2D eigenvalue weighted by atomic mass is 16.1. The minimum atomic E-state index is -0.0598. The lowest BCUT2D eigenvalue weighted by Crippen LogP contribution is -2.31. The molecule has 1 aliphatic rings. The van der Waals surface area contributed by atoms with Crippen molar-refractivity contribution in [3.05, 3.63) is 95.8 Å². The second-order valence-electron chi connectivity index (χ2n) is 7.43. The van der Waals surface area contributed by atoms with Crippen LogP contribution < -0.4 is 5.32 Å². The molecule has 1 amide bonds. The van der Waals surface area contributed by atoms with E-state index in [0.717, 1.165) is 41.4 Å². The van der Waals surface area contributed by atoms with Crippen LogP contribution in [0.25, 0.3) is 22.2 Å². The molecule has 0 spiro atoms. The molecule has 142 valence electrons. The van der Waals surface area contributed by atoms with E-state index in [-0.39, 0.29) is 11.9 Å². The van der Waals surface area contributed by atoms with Crippen molar-refractivity contribution in [2.75, 3.05) is 0 Å². The number of aromatic nitrogens is 2. The largest absolute Gasteiger partial charge is 0.345 e. The highest BCUT2D eigenvalue weighted by Gasteiger charge is 2.23. The van der Waals surface area contributed by atoms with Gasteiger partial charge in [0.15, 0.2) is 0 Å². The number of nitrogens with zero attached hydrogens (tertiary/aromatic N) is 2. The van der Waals surface area contributed by atoms with E-state index in [9.17, 15) is 4.79 Å². The molecule has 0 fully saturated rings. The Morgan fingerprint density at radius 1 is 1.00 bits per heavy atom. The fraction of sp³-hybridized carbons (Fsp3) is 0.160. The highest BCUT2D eigenvalue weighted by Crippen LogP contribution is 2.31. The van der Waals surface area contributed by atoms with Gasteiger partial charge in [-0.2, -0.15) is 0 Å². The zero-order valence-corrected chi connectivity index (χ0v) is 16.0. The molecular weight excluding hydrogens is 358 g/mol. The minimum absolute atomic E-state index is 0.0428. The van der Waals surface area contributed by atoms with Crippen molar-refractivity contribution < 1.29 is 4.79 Å². The van der Waals surface area contributed by atoms with Crippen LogP contribution in [0.15, 0.2) is 79.1 Å². The number of aryl methyl sites for hydroxylation is 1. The van der Waals surface area contributed by atoms with Crippen molar-refractivity contribution in [1.82, 2.24) is 15.3 Å². The molecule has 0 bridgehead atoms. The van der Waals surface area contributed by atoms with Gasteiger partial charge >= 0.3 is 0 Å². The highest BCUT2D eigenvalue weighted by molar-refractivity contribution is 6.07. The van der Waals surface area contributed by atoms with Crippen LogP contribution in [0.4, 0.5) is 0 Å². The first-order chi connectivity index (χ1) is 14.3. The van der Waals surface area contributed by atoms with Crippen molar-refractivity contribution in [2.45, 2.75) is 25.3 Å². The molecule has 1 aliphatic carbocycles. The zero-order chi connectivity index (χ0) is 19.6. The summed E-state index contributed by atoms with van der Waals surface area (Å²) in [5, 5.41) is 4.14. The van der Waals surface area contributed by atoms with Gasteiger partial charge in [0, 0.05) is 23.3 Å². The number of pyridine rings is 2. The van der Waals surface area contributed by atoms with Crippen LogP contribution >= 0.6 is 0 Å². The number of carbonyl (C=O) groups is 1. The molecule has 0 aliphatic heterocycles. The van der Waals surface area contributed by atoms with E-state index in [1.165, 1.54) is 11.1 Å².